The molecule has 0 aliphatic heterocycles. The molecule has 4 heteroatoms. The van der Waals surface area contributed by atoms with Crippen molar-refractivity contribution >= 4 is 29.3 Å². The van der Waals surface area contributed by atoms with E-state index in [0.29, 0.717) is 4.90 Å². The second-order valence-electron chi connectivity index (χ2n) is 4.13. The van der Waals surface area contributed by atoms with Gasteiger partial charge >= 0.3 is 5.97 Å². The van der Waals surface area contributed by atoms with Crippen molar-refractivity contribution in [2.24, 2.45) is 0 Å². The number of rotatable bonds is 2. The summed E-state index contributed by atoms with van der Waals surface area (Å²) in [7, 11) is 0. The molecule has 0 aliphatic carbocycles. The van der Waals surface area contributed by atoms with Crippen LogP contribution >= 0.6 is 23.4 Å². The fourth-order valence-electron chi connectivity index (χ4n) is 1.13. The summed E-state index contributed by atoms with van der Waals surface area (Å²) < 4.78 is -0.0329. The molecule has 0 amide bonds. The Bertz CT molecular complexity index is 383. The lowest BCUT2D eigenvalue weighted by atomic mass is 10.2. The maximum absolute atomic E-state index is 11.0. The van der Waals surface area contributed by atoms with Gasteiger partial charge in [0.1, 0.15) is 0 Å². The van der Waals surface area contributed by atoms with Crippen molar-refractivity contribution in [3.05, 3.63) is 28.8 Å². The van der Waals surface area contributed by atoms with Crippen LogP contribution in [0.2, 0.25) is 5.02 Å². The molecule has 0 spiro atoms. The molecular weight excluding hydrogens is 232 g/mol. The molecule has 0 radical (unpaired) electrons. The standard InChI is InChI=1S/C11H13ClO2S/c1-11(2,3)15-8-6-4-5-7(12)9(8)10(13)14/h4-6H,1-3H3,(H,13,14). The van der Waals surface area contributed by atoms with Crippen molar-refractivity contribution in [2.45, 2.75) is 30.4 Å². The monoisotopic (exact) mass is 244 g/mol. The van der Waals surface area contributed by atoms with Gasteiger partial charge in [0.2, 0.25) is 0 Å². The topological polar surface area (TPSA) is 37.3 Å². The normalized spacial score (nSPS) is 11.5. The second-order valence-corrected chi connectivity index (χ2v) is 6.41. The third-order valence-corrected chi connectivity index (χ3v) is 3.09. The zero-order valence-electron chi connectivity index (χ0n) is 8.87. The SMILES string of the molecule is CC(C)(C)Sc1cccc(Cl)c1C(=O)O. The quantitative estimate of drug-likeness (QED) is 0.801. The Hall–Kier alpha value is -0.670. The lowest BCUT2D eigenvalue weighted by molar-refractivity contribution is 0.0693. The first kappa shape index (κ1) is 12.4. The number of hydrogen-bond donors (Lipinski definition) is 1. The molecule has 0 aromatic heterocycles. The molecule has 0 aliphatic rings. The highest BCUT2D eigenvalue weighted by Crippen LogP contribution is 2.36. The van der Waals surface area contributed by atoms with Crippen LogP contribution in [0.3, 0.4) is 0 Å². The molecule has 1 rings (SSSR count). The van der Waals surface area contributed by atoms with E-state index in [9.17, 15) is 4.79 Å². The predicted molar refractivity (Wildman–Crippen MR) is 64.0 cm³/mol. The lowest BCUT2D eigenvalue weighted by Crippen LogP contribution is -2.09. The molecule has 0 saturated carbocycles. The number of aromatic carboxylic acids is 1. The van der Waals surface area contributed by atoms with E-state index in [1.54, 1.807) is 18.2 Å². The summed E-state index contributed by atoms with van der Waals surface area (Å²) in [4.78, 5) is 11.7. The molecule has 2 nitrogen and oxygen atoms in total. The van der Waals surface area contributed by atoms with Crippen molar-refractivity contribution in [3.8, 4) is 0 Å². The van der Waals surface area contributed by atoms with E-state index in [-0.39, 0.29) is 15.3 Å². The number of benzene rings is 1. The van der Waals surface area contributed by atoms with Crippen LogP contribution < -0.4 is 0 Å². The first-order valence-electron chi connectivity index (χ1n) is 4.52. The first-order valence-corrected chi connectivity index (χ1v) is 5.71. The van der Waals surface area contributed by atoms with Crippen LogP contribution in [0.5, 0.6) is 0 Å². The highest BCUT2D eigenvalue weighted by Gasteiger charge is 2.19. The van der Waals surface area contributed by atoms with Gasteiger partial charge in [-0.05, 0) is 12.1 Å². The molecule has 0 heterocycles. The number of hydrogen-bond acceptors (Lipinski definition) is 2. The third-order valence-electron chi connectivity index (χ3n) is 1.61. The Labute approximate surface area is 98.6 Å². The molecule has 1 aromatic carbocycles. The number of carboxylic acids is 1. The van der Waals surface area contributed by atoms with Gasteiger partial charge in [-0.1, -0.05) is 38.4 Å². The largest absolute Gasteiger partial charge is 0.478 e. The lowest BCUT2D eigenvalue weighted by Gasteiger charge is -2.19. The van der Waals surface area contributed by atoms with Crippen LogP contribution in [-0.2, 0) is 0 Å². The van der Waals surface area contributed by atoms with Crippen LogP contribution in [0.1, 0.15) is 31.1 Å². The van der Waals surface area contributed by atoms with Crippen LogP contribution in [0, 0.1) is 0 Å². The summed E-state index contributed by atoms with van der Waals surface area (Å²) >= 11 is 7.36. The summed E-state index contributed by atoms with van der Waals surface area (Å²) in [6.45, 7) is 6.10. The Morgan fingerprint density at radius 3 is 2.47 bits per heavy atom. The molecule has 0 atom stereocenters. The van der Waals surface area contributed by atoms with Crippen molar-refractivity contribution in [1.82, 2.24) is 0 Å². The fraction of sp³-hybridized carbons (Fsp3) is 0.364. The molecule has 1 aromatic rings. The van der Waals surface area contributed by atoms with E-state index in [2.05, 4.69) is 0 Å². The van der Waals surface area contributed by atoms with E-state index in [4.69, 9.17) is 16.7 Å². The van der Waals surface area contributed by atoms with Crippen molar-refractivity contribution in [1.29, 1.82) is 0 Å². The third kappa shape index (κ3) is 3.43. The van der Waals surface area contributed by atoms with E-state index < -0.39 is 5.97 Å². The molecule has 0 saturated heterocycles. The van der Waals surface area contributed by atoms with E-state index in [0.717, 1.165) is 0 Å². The maximum atomic E-state index is 11.0. The number of carboxylic acid groups (broad SMARTS) is 1. The smallest absolute Gasteiger partial charge is 0.338 e. The van der Waals surface area contributed by atoms with Gasteiger partial charge in [0.15, 0.2) is 0 Å². The number of halogens is 1. The van der Waals surface area contributed by atoms with E-state index >= 15 is 0 Å². The summed E-state index contributed by atoms with van der Waals surface area (Å²) in [5.74, 6) is -0.979. The first-order chi connectivity index (χ1) is 6.81. The van der Waals surface area contributed by atoms with Gasteiger partial charge in [0, 0.05) is 9.64 Å². The van der Waals surface area contributed by atoms with Crippen molar-refractivity contribution in [3.63, 3.8) is 0 Å². The minimum Gasteiger partial charge on any atom is -0.478 e. The minimum absolute atomic E-state index is 0.0329. The fourth-order valence-corrected chi connectivity index (χ4v) is 2.54. The highest BCUT2D eigenvalue weighted by molar-refractivity contribution is 8.00. The van der Waals surface area contributed by atoms with Crippen molar-refractivity contribution in [2.75, 3.05) is 0 Å². The van der Waals surface area contributed by atoms with Gasteiger partial charge < -0.3 is 5.11 Å². The van der Waals surface area contributed by atoms with E-state index in [1.807, 2.05) is 20.8 Å². The van der Waals surface area contributed by atoms with E-state index in [1.165, 1.54) is 11.8 Å². The minimum atomic E-state index is -0.979. The highest BCUT2D eigenvalue weighted by atomic mass is 35.5. The number of carbonyl (C=O) groups is 1. The summed E-state index contributed by atoms with van der Waals surface area (Å²) in [5, 5.41) is 9.33. The van der Waals surface area contributed by atoms with Crippen LogP contribution in [0.4, 0.5) is 0 Å². The van der Waals surface area contributed by atoms with Crippen LogP contribution in [0.15, 0.2) is 23.1 Å². The molecule has 0 unspecified atom stereocenters. The Morgan fingerprint density at radius 2 is 2.00 bits per heavy atom. The second kappa shape index (κ2) is 4.45. The van der Waals surface area contributed by atoms with Gasteiger partial charge in [-0.25, -0.2) is 4.79 Å². The Balaban J connectivity index is 3.18. The van der Waals surface area contributed by atoms with Crippen molar-refractivity contribution < 1.29 is 9.90 Å². The van der Waals surface area contributed by atoms with Gasteiger partial charge in [-0.15, -0.1) is 11.8 Å². The van der Waals surface area contributed by atoms with Gasteiger partial charge in [-0.2, -0.15) is 0 Å². The molecular formula is C11H13ClO2S. The van der Waals surface area contributed by atoms with Gasteiger partial charge in [-0.3, -0.25) is 0 Å². The Morgan fingerprint density at radius 1 is 1.40 bits per heavy atom. The molecule has 15 heavy (non-hydrogen) atoms. The summed E-state index contributed by atoms with van der Waals surface area (Å²) in [5.41, 5.74) is 0.194. The maximum Gasteiger partial charge on any atom is 0.338 e. The summed E-state index contributed by atoms with van der Waals surface area (Å²) in [6, 6.07) is 5.14. The summed E-state index contributed by atoms with van der Waals surface area (Å²) in [6.07, 6.45) is 0. The molecule has 0 bridgehead atoms. The number of thioether (sulfide) groups is 1. The molecule has 0 fully saturated rings. The molecule has 82 valence electrons. The van der Waals surface area contributed by atoms with Gasteiger partial charge in [0.05, 0.1) is 10.6 Å². The average molecular weight is 245 g/mol. The van der Waals surface area contributed by atoms with Gasteiger partial charge in [0.25, 0.3) is 0 Å². The molecule has 1 N–H and O–H groups in total. The zero-order chi connectivity index (χ0) is 11.6. The van der Waals surface area contributed by atoms with Crippen LogP contribution in [0.25, 0.3) is 0 Å². The average Bonchev–Trinajstić information content (AvgIpc) is 1.99. The van der Waals surface area contributed by atoms with Crippen LogP contribution in [-0.4, -0.2) is 15.8 Å². The zero-order valence-corrected chi connectivity index (χ0v) is 10.4. The Kier molecular flexibility index (Phi) is 3.68. The predicted octanol–water partition coefficient (Wildman–Crippen LogP) is 3.93.